The van der Waals surface area contributed by atoms with Gasteiger partial charge in [-0.3, -0.25) is 4.79 Å². The van der Waals surface area contributed by atoms with Crippen LogP contribution in [0.25, 0.3) is 0 Å². The van der Waals surface area contributed by atoms with E-state index in [1.165, 1.54) is 11.8 Å². The summed E-state index contributed by atoms with van der Waals surface area (Å²) >= 11 is 1.42. The molecule has 0 aliphatic heterocycles. The zero-order valence-corrected chi connectivity index (χ0v) is 18.0. The zero-order chi connectivity index (χ0) is 21.2. The molecule has 0 spiro atoms. The number of ether oxygens (including phenoxy) is 3. The molecule has 1 unspecified atom stereocenters. The van der Waals surface area contributed by atoms with E-state index >= 15 is 0 Å². The first-order valence-electron chi connectivity index (χ1n) is 9.45. The van der Waals surface area contributed by atoms with Crippen molar-refractivity contribution < 1.29 is 23.8 Å². The summed E-state index contributed by atoms with van der Waals surface area (Å²) in [5.41, 5.74) is 1.09. The molecular weight excluding hydrogens is 390 g/mol. The summed E-state index contributed by atoms with van der Waals surface area (Å²) in [5.74, 6) is 0.769. The fourth-order valence-corrected chi connectivity index (χ4v) is 3.37. The van der Waals surface area contributed by atoms with E-state index in [0.717, 1.165) is 17.7 Å². The van der Waals surface area contributed by atoms with Gasteiger partial charge in [0.2, 0.25) is 5.91 Å². The van der Waals surface area contributed by atoms with Crippen LogP contribution in [-0.4, -0.2) is 38.0 Å². The molecule has 0 fully saturated rings. The second kappa shape index (κ2) is 11.4. The van der Waals surface area contributed by atoms with E-state index in [-0.39, 0.29) is 17.1 Å². The van der Waals surface area contributed by atoms with Gasteiger partial charge in [0.05, 0.1) is 31.6 Å². The van der Waals surface area contributed by atoms with E-state index in [9.17, 15) is 9.59 Å². The summed E-state index contributed by atoms with van der Waals surface area (Å²) < 4.78 is 15.7. The third-order valence-corrected chi connectivity index (χ3v) is 5.25. The number of thioether (sulfide) groups is 1. The molecular formula is C22H27NO5S. The van der Waals surface area contributed by atoms with Gasteiger partial charge < -0.3 is 19.5 Å². The molecule has 1 atom stereocenters. The second-order valence-electron chi connectivity index (χ2n) is 6.33. The first-order valence-corrected chi connectivity index (χ1v) is 10.3. The number of nitrogens with one attached hydrogen (secondary N) is 1. The van der Waals surface area contributed by atoms with E-state index in [1.54, 1.807) is 38.5 Å². The van der Waals surface area contributed by atoms with Crippen LogP contribution < -0.4 is 14.8 Å². The van der Waals surface area contributed by atoms with Gasteiger partial charge >= 0.3 is 5.97 Å². The van der Waals surface area contributed by atoms with Gasteiger partial charge in [-0.1, -0.05) is 13.3 Å². The van der Waals surface area contributed by atoms with Crippen molar-refractivity contribution in [2.45, 2.75) is 36.8 Å². The van der Waals surface area contributed by atoms with Crippen LogP contribution in [0.4, 0.5) is 5.69 Å². The van der Waals surface area contributed by atoms with Gasteiger partial charge in [-0.15, -0.1) is 11.8 Å². The molecule has 1 N–H and O–H groups in total. The molecule has 156 valence electrons. The average Bonchev–Trinajstić information content (AvgIpc) is 2.74. The summed E-state index contributed by atoms with van der Waals surface area (Å²) in [4.78, 5) is 25.3. The maximum absolute atomic E-state index is 12.5. The minimum atomic E-state index is -0.353. The van der Waals surface area contributed by atoms with Gasteiger partial charge in [0, 0.05) is 10.6 Å². The molecule has 0 aliphatic rings. The van der Waals surface area contributed by atoms with Gasteiger partial charge in [0.15, 0.2) is 11.5 Å². The number of hydrogen-bond acceptors (Lipinski definition) is 6. The van der Waals surface area contributed by atoms with Crippen molar-refractivity contribution >= 4 is 29.3 Å². The number of amides is 1. The van der Waals surface area contributed by atoms with Crippen LogP contribution in [0.3, 0.4) is 0 Å². The van der Waals surface area contributed by atoms with E-state index < -0.39 is 0 Å². The van der Waals surface area contributed by atoms with Crippen molar-refractivity contribution in [2.75, 3.05) is 26.1 Å². The van der Waals surface area contributed by atoms with Crippen molar-refractivity contribution in [2.24, 2.45) is 0 Å². The Balaban J connectivity index is 1.93. The Hall–Kier alpha value is -2.67. The average molecular weight is 418 g/mol. The molecule has 0 bridgehead atoms. The first-order chi connectivity index (χ1) is 14.0. The number of unbranched alkanes of at least 4 members (excludes halogenated alkanes) is 1. The monoisotopic (exact) mass is 417 g/mol. The molecule has 2 rings (SSSR count). The summed E-state index contributed by atoms with van der Waals surface area (Å²) in [7, 11) is 3.16. The summed E-state index contributed by atoms with van der Waals surface area (Å²) in [6.45, 7) is 4.28. The van der Waals surface area contributed by atoms with Crippen LogP contribution in [-0.2, 0) is 9.53 Å². The van der Waals surface area contributed by atoms with Gasteiger partial charge in [-0.25, -0.2) is 4.79 Å². The van der Waals surface area contributed by atoms with Crippen LogP contribution >= 0.6 is 11.8 Å². The molecule has 0 saturated heterocycles. The lowest BCUT2D eigenvalue weighted by molar-refractivity contribution is -0.115. The maximum atomic E-state index is 12.5. The standard InChI is InChI=1S/C22H27NO5S/c1-5-6-13-28-22(25)16-7-9-17(10-8-16)23-21(24)15(2)29-18-11-12-19(26-3)20(14-18)27-4/h7-12,14-15H,5-6,13H2,1-4H3,(H,23,24). The summed E-state index contributed by atoms with van der Waals surface area (Å²) in [6, 6.07) is 12.2. The summed E-state index contributed by atoms with van der Waals surface area (Å²) in [6.07, 6.45) is 1.81. The molecule has 7 heteroatoms. The van der Waals surface area contributed by atoms with E-state index in [0.29, 0.717) is 29.4 Å². The SMILES string of the molecule is CCCCOC(=O)c1ccc(NC(=O)C(C)Sc2ccc(OC)c(OC)c2)cc1. The molecule has 0 aromatic heterocycles. The quantitative estimate of drug-likeness (QED) is 0.341. The lowest BCUT2D eigenvalue weighted by Gasteiger charge is -2.14. The highest BCUT2D eigenvalue weighted by atomic mass is 32.2. The fraction of sp³-hybridized carbons (Fsp3) is 0.364. The number of methoxy groups -OCH3 is 2. The predicted molar refractivity (Wildman–Crippen MR) is 115 cm³/mol. The molecule has 2 aromatic rings. The third kappa shape index (κ3) is 6.71. The Labute approximate surface area is 175 Å². The van der Waals surface area contributed by atoms with E-state index in [1.807, 2.05) is 32.0 Å². The normalized spacial score (nSPS) is 11.4. The topological polar surface area (TPSA) is 73.9 Å². The molecule has 0 saturated carbocycles. The Bertz CT molecular complexity index is 822. The van der Waals surface area contributed by atoms with Gasteiger partial charge in [-0.2, -0.15) is 0 Å². The smallest absolute Gasteiger partial charge is 0.338 e. The molecule has 0 heterocycles. The minimum Gasteiger partial charge on any atom is -0.493 e. The maximum Gasteiger partial charge on any atom is 0.338 e. The van der Waals surface area contributed by atoms with Crippen molar-refractivity contribution in [1.29, 1.82) is 0 Å². The molecule has 29 heavy (non-hydrogen) atoms. The van der Waals surface area contributed by atoms with Crippen LogP contribution in [0, 0.1) is 0 Å². The van der Waals surface area contributed by atoms with Gasteiger partial charge in [-0.05, 0) is 55.8 Å². The van der Waals surface area contributed by atoms with E-state index in [2.05, 4.69) is 5.32 Å². The predicted octanol–water partition coefficient (Wildman–Crippen LogP) is 4.78. The molecule has 1 amide bonds. The zero-order valence-electron chi connectivity index (χ0n) is 17.2. The molecule has 0 radical (unpaired) electrons. The van der Waals surface area contributed by atoms with Gasteiger partial charge in [0.1, 0.15) is 0 Å². The van der Waals surface area contributed by atoms with Crippen LogP contribution in [0.1, 0.15) is 37.0 Å². The Morgan fingerprint density at radius 1 is 1.03 bits per heavy atom. The lowest BCUT2D eigenvalue weighted by Crippen LogP contribution is -2.22. The van der Waals surface area contributed by atoms with E-state index in [4.69, 9.17) is 14.2 Å². The molecule has 0 aliphatic carbocycles. The van der Waals surface area contributed by atoms with Crippen molar-refractivity contribution in [3.63, 3.8) is 0 Å². The van der Waals surface area contributed by atoms with Crippen LogP contribution in [0.15, 0.2) is 47.4 Å². The number of hydrogen-bond donors (Lipinski definition) is 1. The molecule has 2 aromatic carbocycles. The lowest BCUT2D eigenvalue weighted by atomic mass is 10.2. The highest BCUT2D eigenvalue weighted by Gasteiger charge is 2.16. The second-order valence-corrected chi connectivity index (χ2v) is 7.75. The van der Waals surface area contributed by atoms with Crippen molar-refractivity contribution in [3.05, 3.63) is 48.0 Å². The third-order valence-electron chi connectivity index (χ3n) is 4.16. The fourth-order valence-electron chi connectivity index (χ4n) is 2.47. The first kappa shape index (κ1) is 22.6. The number of carbonyl (C=O) groups is 2. The number of esters is 1. The van der Waals surface area contributed by atoms with Gasteiger partial charge in [0.25, 0.3) is 0 Å². The minimum absolute atomic E-state index is 0.136. The summed E-state index contributed by atoms with van der Waals surface area (Å²) in [5, 5.41) is 2.54. The Morgan fingerprint density at radius 3 is 2.34 bits per heavy atom. The highest BCUT2D eigenvalue weighted by molar-refractivity contribution is 8.00. The van der Waals surface area contributed by atoms with Crippen molar-refractivity contribution in [1.82, 2.24) is 0 Å². The largest absolute Gasteiger partial charge is 0.493 e. The van der Waals surface area contributed by atoms with Crippen LogP contribution in [0.2, 0.25) is 0 Å². The highest BCUT2D eigenvalue weighted by Crippen LogP contribution is 2.33. The Kier molecular flexibility index (Phi) is 8.86. The molecule has 6 nitrogen and oxygen atoms in total. The number of anilines is 1. The van der Waals surface area contributed by atoms with Crippen molar-refractivity contribution in [3.8, 4) is 11.5 Å². The Morgan fingerprint density at radius 2 is 1.72 bits per heavy atom. The number of rotatable bonds is 10. The van der Waals surface area contributed by atoms with Crippen LogP contribution in [0.5, 0.6) is 11.5 Å². The number of carbonyl (C=O) groups excluding carboxylic acids is 2. The number of benzene rings is 2.